The van der Waals surface area contributed by atoms with E-state index in [0.717, 1.165) is 63.3 Å². The molecule has 1 heterocycles. The van der Waals surface area contributed by atoms with Crippen molar-refractivity contribution in [1.29, 1.82) is 0 Å². The van der Waals surface area contributed by atoms with Crippen molar-refractivity contribution in [1.82, 2.24) is 10.6 Å². The number of halogens is 1. The summed E-state index contributed by atoms with van der Waals surface area (Å²) in [6.07, 6.45) is 5.79. The third-order valence-corrected chi connectivity index (χ3v) is 5.97. The van der Waals surface area contributed by atoms with Gasteiger partial charge in [0, 0.05) is 49.7 Å². The molecule has 2 N–H and O–H groups in total. The van der Waals surface area contributed by atoms with Crippen LogP contribution in [0.15, 0.2) is 29.3 Å². The first-order valence-electron chi connectivity index (χ1n) is 10.1. The molecule has 0 amide bonds. The fraction of sp³-hybridized carbons (Fsp3) is 0.667. The third kappa shape index (κ3) is 5.84. The molecule has 27 heavy (non-hydrogen) atoms. The average molecular weight is 394 g/mol. The van der Waals surface area contributed by atoms with E-state index < -0.39 is 0 Å². The van der Waals surface area contributed by atoms with E-state index in [4.69, 9.17) is 21.1 Å². The third-order valence-electron chi connectivity index (χ3n) is 5.72. The Kier molecular flexibility index (Phi) is 7.80. The lowest BCUT2D eigenvalue weighted by Crippen LogP contribution is -2.49. The summed E-state index contributed by atoms with van der Waals surface area (Å²) in [5, 5.41) is 7.69. The molecule has 0 aromatic heterocycles. The highest BCUT2D eigenvalue weighted by atomic mass is 35.5. The maximum absolute atomic E-state index is 6.04. The lowest BCUT2D eigenvalue weighted by atomic mass is 9.64. The average Bonchev–Trinajstić information content (AvgIpc) is 3.16. The Labute approximate surface area is 167 Å². The Hall–Kier alpha value is -1.30. The molecule has 1 saturated carbocycles. The molecule has 0 radical (unpaired) electrons. The van der Waals surface area contributed by atoms with Gasteiger partial charge in [-0.2, -0.15) is 0 Å². The van der Waals surface area contributed by atoms with E-state index in [1.165, 1.54) is 24.8 Å². The quantitative estimate of drug-likeness (QED) is 0.383. The van der Waals surface area contributed by atoms with Crippen LogP contribution >= 0.6 is 11.6 Å². The molecular weight excluding hydrogens is 362 g/mol. The van der Waals surface area contributed by atoms with Crippen molar-refractivity contribution in [3.63, 3.8) is 0 Å². The van der Waals surface area contributed by atoms with Gasteiger partial charge < -0.3 is 20.1 Å². The van der Waals surface area contributed by atoms with E-state index in [1.54, 1.807) is 0 Å². The summed E-state index contributed by atoms with van der Waals surface area (Å²) in [6.45, 7) is 5.08. The molecule has 0 bridgehead atoms. The molecule has 6 heteroatoms. The fourth-order valence-electron chi connectivity index (χ4n) is 3.79. The lowest BCUT2D eigenvalue weighted by Gasteiger charge is -2.43. The predicted octanol–water partition coefficient (Wildman–Crippen LogP) is 3.37. The van der Waals surface area contributed by atoms with Gasteiger partial charge in [-0.3, -0.25) is 4.99 Å². The summed E-state index contributed by atoms with van der Waals surface area (Å²) >= 11 is 6.04. The molecule has 1 aromatic rings. The van der Waals surface area contributed by atoms with E-state index in [1.807, 2.05) is 19.2 Å². The number of nitrogens with zero attached hydrogens (tertiary/aromatic N) is 1. The van der Waals surface area contributed by atoms with Crippen LogP contribution in [0.5, 0.6) is 0 Å². The van der Waals surface area contributed by atoms with Crippen LogP contribution in [0.25, 0.3) is 0 Å². The van der Waals surface area contributed by atoms with Gasteiger partial charge in [-0.05, 0) is 43.4 Å². The van der Waals surface area contributed by atoms with Gasteiger partial charge in [-0.15, -0.1) is 0 Å². The molecule has 2 fully saturated rings. The van der Waals surface area contributed by atoms with Gasteiger partial charge in [0.25, 0.3) is 0 Å². The van der Waals surface area contributed by atoms with E-state index in [-0.39, 0.29) is 5.41 Å². The number of hydrogen-bond donors (Lipinski definition) is 2. The number of aliphatic imine (C=N–C) groups is 1. The van der Waals surface area contributed by atoms with Crippen LogP contribution < -0.4 is 10.6 Å². The summed E-state index contributed by atoms with van der Waals surface area (Å²) in [5.41, 5.74) is 1.57. The van der Waals surface area contributed by atoms with Crippen molar-refractivity contribution in [3.8, 4) is 0 Å². The van der Waals surface area contributed by atoms with Crippen molar-refractivity contribution in [2.75, 3.05) is 46.6 Å². The van der Waals surface area contributed by atoms with Crippen molar-refractivity contribution in [3.05, 3.63) is 34.9 Å². The maximum Gasteiger partial charge on any atom is 0.191 e. The number of benzene rings is 1. The summed E-state index contributed by atoms with van der Waals surface area (Å²) in [5.74, 6) is 1.44. The molecule has 1 aromatic carbocycles. The topological polar surface area (TPSA) is 54.9 Å². The SMILES string of the molecule is CN=C(NCCCOCC1CCOC1)NCC1(c2ccc(Cl)cc2)CCC1. The zero-order valence-corrected chi connectivity index (χ0v) is 17.1. The van der Waals surface area contributed by atoms with Gasteiger partial charge in [0.15, 0.2) is 5.96 Å². The van der Waals surface area contributed by atoms with Crippen LogP contribution in [-0.4, -0.2) is 52.5 Å². The van der Waals surface area contributed by atoms with Gasteiger partial charge in [0.1, 0.15) is 0 Å². The van der Waals surface area contributed by atoms with Crippen LogP contribution in [0.3, 0.4) is 0 Å². The molecule has 1 aliphatic carbocycles. The summed E-state index contributed by atoms with van der Waals surface area (Å²) in [7, 11) is 1.82. The molecule has 0 spiro atoms. The highest BCUT2D eigenvalue weighted by Gasteiger charge is 2.38. The van der Waals surface area contributed by atoms with Gasteiger partial charge >= 0.3 is 0 Å². The van der Waals surface area contributed by atoms with Gasteiger partial charge in [0.2, 0.25) is 0 Å². The molecule has 5 nitrogen and oxygen atoms in total. The number of hydrogen-bond acceptors (Lipinski definition) is 3. The highest BCUT2D eigenvalue weighted by molar-refractivity contribution is 6.30. The second-order valence-corrected chi connectivity index (χ2v) is 8.09. The molecule has 1 atom stereocenters. The van der Waals surface area contributed by atoms with E-state index in [0.29, 0.717) is 5.92 Å². The normalized spacial score (nSPS) is 21.7. The zero-order valence-electron chi connectivity index (χ0n) is 16.3. The fourth-order valence-corrected chi connectivity index (χ4v) is 3.92. The summed E-state index contributed by atoms with van der Waals surface area (Å²) in [6, 6.07) is 8.29. The molecule has 1 unspecified atom stereocenters. The standard InChI is InChI=1S/C21H32ClN3O2/c1-23-20(24-11-3-12-26-14-17-8-13-27-15-17)25-16-21(9-2-10-21)18-4-6-19(22)7-5-18/h4-7,17H,2-3,8-16H2,1H3,(H2,23,24,25). The second-order valence-electron chi connectivity index (χ2n) is 7.65. The Morgan fingerprint density at radius 1 is 1.30 bits per heavy atom. The van der Waals surface area contributed by atoms with Crippen LogP contribution in [0.4, 0.5) is 0 Å². The molecule has 1 saturated heterocycles. The first-order valence-corrected chi connectivity index (χ1v) is 10.5. The minimum atomic E-state index is 0.203. The summed E-state index contributed by atoms with van der Waals surface area (Å²) in [4.78, 5) is 4.35. The molecule has 150 valence electrons. The molecule has 1 aliphatic heterocycles. The van der Waals surface area contributed by atoms with Crippen molar-refractivity contribution in [2.45, 2.75) is 37.5 Å². The summed E-state index contributed by atoms with van der Waals surface area (Å²) < 4.78 is 11.1. The van der Waals surface area contributed by atoms with Crippen LogP contribution in [0.1, 0.15) is 37.7 Å². The van der Waals surface area contributed by atoms with E-state index >= 15 is 0 Å². The van der Waals surface area contributed by atoms with Crippen molar-refractivity contribution in [2.24, 2.45) is 10.9 Å². The van der Waals surface area contributed by atoms with Crippen molar-refractivity contribution >= 4 is 17.6 Å². The Morgan fingerprint density at radius 2 is 2.11 bits per heavy atom. The van der Waals surface area contributed by atoms with Gasteiger partial charge in [-0.1, -0.05) is 30.2 Å². The first-order chi connectivity index (χ1) is 13.2. The number of nitrogens with one attached hydrogen (secondary N) is 2. The minimum absolute atomic E-state index is 0.203. The smallest absolute Gasteiger partial charge is 0.191 e. The minimum Gasteiger partial charge on any atom is -0.381 e. The molecule has 2 aliphatic rings. The van der Waals surface area contributed by atoms with Crippen molar-refractivity contribution < 1.29 is 9.47 Å². The van der Waals surface area contributed by atoms with E-state index in [9.17, 15) is 0 Å². The molecule has 3 rings (SSSR count). The van der Waals surface area contributed by atoms with Crippen LogP contribution in [0.2, 0.25) is 5.02 Å². The number of rotatable bonds is 9. The molecular formula is C21H32ClN3O2. The van der Waals surface area contributed by atoms with Gasteiger partial charge in [0.05, 0.1) is 13.2 Å². The number of ether oxygens (including phenoxy) is 2. The Morgan fingerprint density at radius 3 is 2.74 bits per heavy atom. The maximum atomic E-state index is 6.04. The first kappa shape index (κ1) is 20.4. The monoisotopic (exact) mass is 393 g/mol. The zero-order chi connectivity index (χ0) is 19.0. The largest absolute Gasteiger partial charge is 0.381 e. The second kappa shape index (κ2) is 10.3. The van der Waals surface area contributed by atoms with Crippen LogP contribution in [0, 0.1) is 5.92 Å². The Balaban J connectivity index is 1.35. The highest BCUT2D eigenvalue weighted by Crippen LogP contribution is 2.43. The lowest BCUT2D eigenvalue weighted by molar-refractivity contribution is 0.0888. The predicted molar refractivity (Wildman–Crippen MR) is 111 cm³/mol. The van der Waals surface area contributed by atoms with Crippen LogP contribution in [-0.2, 0) is 14.9 Å². The van der Waals surface area contributed by atoms with Gasteiger partial charge in [-0.25, -0.2) is 0 Å². The van der Waals surface area contributed by atoms with E-state index in [2.05, 4.69) is 27.8 Å². The number of guanidine groups is 1. The Bertz CT molecular complexity index is 596.